The lowest BCUT2D eigenvalue weighted by Gasteiger charge is -2.03. The Morgan fingerprint density at radius 1 is 1.75 bits per heavy atom. The summed E-state index contributed by atoms with van der Waals surface area (Å²) < 4.78 is 0. The molecule has 3 nitrogen and oxygen atoms in total. The van der Waals surface area contributed by atoms with Crippen molar-refractivity contribution in [1.29, 1.82) is 0 Å². The van der Waals surface area contributed by atoms with Crippen LogP contribution in [0.15, 0.2) is 12.2 Å². The smallest absolute Gasteiger partial charge is 0.320 e. The van der Waals surface area contributed by atoms with Crippen LogP contribution in [0.2, 0.25) is 0 Å². The Labute approximate surface area is 77.0 Å². The molecule has 0 aromatic rings. The number of hydrogen-bond acceptors (Lipinski definition) is 3. The number of allylic oxidation sites excluding steroid dienone is 1. The minimum atomic E-state index is -0.915. The second-order valence-electron chi connectivity index (χ2n) is 2.38. The molecule has 0 aromatic heterocycles. The number of aliphatic carboxylic acids is 1. The van der Waals surface area contributed by atoms with Crippen molar-refractivity contribution in [3.63, 3.8) is 0 Å². The molecule has 1 unspecified atom stereocenters. The van der Waals surface area contributed by atoms with Crippen molar-refractivity contribution < 1.29 is 9.90 Å². The van der Waals surface area contributed by atoms with Crippen LogP contribution in [-0.4, -0.2) is 28.6 Å². The highest BCUT2D eigenvalue weighted by Gasteiger charge is 2.09. The molecule has 1 atom stereocenters. The van der Waals surface area contributed by atoms with Gasteiger partial charge in [0.05, 0.1) is 0 Å². The van der Waals surface area contributed by atoms with Gasteiger partial charge in [0.25, 0.3) is 0 Å². The largest absolute Gasteiger partial charge is 0.480 e. The van der Waals surface area contributed by atoms with Crippen molar-refractivity contribution in [3.8, 4) is 0 Å². The number of carboxylic acids is 1. The van der Waals surface area contributed by atoms with Gasteiger partial charge in [-0.15, -0.1) is 0 Å². The van der Waals surface area contributed by atoms with Crippen molar-refractivity contribution in [2.45, 2.75) is 19.4 Å². The van der Waals surface area contributed by atoms with Crippen LogP contribution in [0.1, 0.15) is 13.3 Å². The van der Waals surface area contributed by atoms with E-state index in [4.69, 9.17) is 10.8 Å². The summed E-state index contributed by atoms with van der Waals surface area (Å²) in [4.78, 5) is 10.3. The standard InChI is InChI=1S/C8H15NO2S/c1-2-3-5-12-6-4-7(9)8(10)11/h2-3,7H,4-6,9H2,1H3,(H,10,11)/b3-2+. The van der Waals surface area contributed by atoms with E-state index < -0.39 is 12.0 Å². The van der Waals surface area contributed by atoms with Crippen LogP contribution in [0.3, 0.4) is 0 Å². The predicted octanol–water partition coefficient (Wildman–Crippen LogP) is 1.10. The predicted molar refractivity (Wildman–Crippen MR) is 52.4 cm³/mol. The second kappa shape index (κ2) is 7.18. The van der Waals surface area contributed by atoms with Gasteiger partial charge < -0.3 is 10.8 Å². The molecule has 0 radical (unpaired) electrons. The Morgan fingerprint density at radius 3 is 2.92 bits per heavy atom. The topological polar surface area (TPSA) is 63.3 Å². The summed E-state index contributed by atoms with van der Waals surface area (Å²) >= 11 is 1.69. The zero-order valence-electron chi connectivity index (χ0n) is 7.19. The molecule has 0 amide bonds. The summed E-state index contributed by atoms with van der Waals surface area (Å²) in [7, 11) is 0. The molecule has 0 rings (SSSR count). The van der Waals surface area contributed by atoms with E-state index in [9.17, 15) is 4.79 Å². The number of thioether (sulfide) groups is 1. The van der Waals surface area contributed by atoms with Crippen LogP contribution in [0.25, 0.3) is 0 Å². The van der Waals surface area contributed by atoms with E-state index in [2.05, 4.69) is 0 Å². The van der Waals surface area contributed by atoms with Crippen LogP contribution < -0.4 is 5.73 Å². The lowest BCUT2D eigenvalue weighted by atomic mass is 10.2. The molecule has 0 saturated carbocycles. The van der Waals surface area contributed by atoms with Gasteiger partial charge in [0.15, 0.2) is 0 Å². The molecule has 12 heavy (non-hydrogen) atoms. The molecule has 3 N–H and O–H groups in total. The molecular weight excluding hydrogens is 174 g/mol. The zero-order valence-corrected chi connectivity index (χ0v) is 8.01. The first kappa shape index (κ1) is 11.5. The van der Waals surface area contributed by atoms with Gasteiger partial charge >= 0.3 is 5.97 Å². The summed E-state index contributed by atoms with van der Waals surface area (Å²) in [6, 6.07) is -0.705. The molecule has 0 bridgehead atoms. The Morgan fingerprint density at radius 2 is 2.42 bits per heavy atom. The van der Waals surface area contributed by atoms with Crippen LogP contribution in [-0.2, 0) is 4.79 Å². The highest BCUT2D eigenvalue weighted by molar-refractivity contribution is 7.99. The van der Waals surface area contributed by atoms with E-state index in [-0.39, 0.29) is 0 Å². The Hall–Kier alpha value is -0.480. The van der Waals surface area contributed by atoms with E-state index in [1.54, 1.807) is 11.8 Å². The molecular formula is C8H15NO2S. The van der Waals surface area contributed by atoms with Gasteiger partial charge in [0, 0.05) is 5.75 Å². The first-order chi connectivity index (χ1) is 5.68. The van der Waals surface area contributed by atoms with E-state index in [1.807, 2.05) is 19.1 Å². The van der Waals surface area contributed by atoms with Crippen LogP contribution >= 0.6 is 11.8 Å². The molecule has 4 heteroatoms. The maximum Gasteiger partial charge on any atom is 0.320 e. The average molecular weight is 189 g/mol. The van der Waals surface area contributed by atoms with E-state index in [1.165, 1.54) is 0 Å². The summed E-state index contributed by atoms with van der Waals surface area (Å²) in [5.74, 6) is 0.822. The van der Waals surface area contributed by atoms with Crippen LogP contribution in [0.5, 0.6) is 0 Å². The first-order valence-corrected chi connectivity index (χ1v) is 5.01. The Balaban J connectivity index is 3.25. The third-order valence-corrected chi connectivity index (χ3v) is 2.29. The molecule has 0 aromatic carbocycles. The first-order valence-electron chi connectivity index (χ1n) is 3.85. The highest BCUT2D eigenvalue weighted by Crippen LogP contribution is 2.04. The van der Waals surface area contributed by atoms with Crippen molar-refractivity contribution in [1.82, 2.24) is 0 Å². The maximum atomic E-state index is 10.3. The van der Waals surface area contributed by atoms with Crippen molar-refractivity contribution in [2.75, 3.05) is 11.5 Å². The van der Waals surface area contributed by atoms with Gasteiger partial charge in [-0.05, 0) is 19.1 Å². The normalized spacial score (nSPS) is 13.5. The van der Waals surface area contributed by atoms with Gasteiger partial charge in [0.1, 0.15) is 6.04 Å². The molecule has 0 heterocycles. The fraction of sp³-hybridized carbons (Fsp3) is 0.625. The second-order valence-corrected chi connectivity index (χ2v) is 3.53. The molecule has 0 fully saturated rings. The summed E-state index contributed by atoms with van der Waals surface area (Å²) in [6.45, 7) is 1.96. The Bertz CT molecular complexity index is 159. The van der Waals surface area contributed by atoms with Crippen LogP contribution in [0.4, 0.5) is 0 Å². The minimum Gasteiger partial charge on any atom is -0.480 e. The van der Waals surface area contributed by atoms with E-state index in [0.29, 0.717) is 6.42 Å². The fourth-order valence-corrected chi connectivity index (χ4v) is 1.50. The SMILES string of the molecule is C/C=C/CSCCC(N)C(=O)O. The summed E-state index contributed by atoms with van der Waals surface area (Å²) in [5.41, 5.74) is 5.30. The van der Waals surface area contributed by atoms with E-state index >= 15 is 0 Å². The van der Waals surface area contributed by atoms with Crippen molar-refractivity contribution in [2.24, 2.45) is 5.73 Å². The average Bonchev–Trinajstić information content (AvgIpc) is 2.03. The number of rotatable bonds is 6. The van der Waals surface area contributed by atoms with Crippen molar-refractivity contribution in [3.05, 3.63) is 12.2 Å². The lowest BCUT2D eigenvalue weighted by Crippen LogP contribution is -2.30. The minimum absolute atomic E-state index is 0.539. The van der Waals surface area contributed by atoms with Crippen LogP contribution in [0, 0.1) is 0 Å². The van der Waals surface area contributed by atoms with Gasteiger partial charge in [-0.2, -0.15) is 11.8 Å². The summed E-state index contributed by atoms with van der Waals surface area (Å²) in [6.07, 6.45) is 4.55. The number of carbonyl (C=O) groups is 1. The molecule has 70 valence electrons. The molecule has 0 aliphatic carbocycles. The maximum absolute atomic E-state index is 10.3. The van der Waals surface area contributed by atoms with Gasteiger partial charge in [-0.25, -0.2) is 0 Å². The molecule has 0 aliphatic heterocycles. The highest BCUT2D eigenvalue weighted by atomic mass is 32.2. The third-order valence-electron chi connectivity index (χ3n) is 1.34. The number of carboxylic acid groups (broad SMARTS) is 1. The third kappa shape index (κ3) is 6.24. The molecule has 0 aliphatic rings. The number of hydrogen-bond donors (Lipinski definition) is 2. The van der Waals surface area contributed by atoms with Gasteiger partial charge in [-0.1, -0.05) is 12.2 Å². The van der Waals surface area contributed by atoms with Gasteiger partial charge in [-0.3, -0.25) is 4.79 Å². The number of nitrogens with two attached hydrogens (primary N) is 1. The van der Waals surface area contributed by atoms with Crippen molar-refractivity contribution >= 4 is 17.7 Å². The fourth-order valence-electron chi connectivity index (χ4n) is 0.581. The lowest BCUT2D eigenvalue weighted by molar-refractivity contribution is -0.138. The van der Waals surface area contributed by atoms with E-state index in [0.717, 1.165) is 11.5 Å². The van der Waals surface area contributed by atoms with Gasteiger partial charge in [0.2, 0.25) is 0 Å². The monoisotopic (exact) mass is 189 g/mol. The Kier molecular flexibility index (Phi) is 6.90. The molecule has 0 saturated heterocycles. The quantitative estimate of drug-likeness (QED) is 0.485. The summed E-state index contributed by atoms with van der Waals surface area (Å²) in [5, 5.41) is 8.44. The zero-order chi connectivity index (χ0) is 9.40. The molecule has 0 spiro atoms.